The van der Waals surface area contributed by atoms with Crippen LogP contribution in [-0.4, -0.2) is 30.6 Å². The molecule has 27 heavy (non-hydrogen) atoms. The van der Waals surface area contributed by atoms with Gasteiger partial charge in [-0.2, -0.15) is 0 Å². The molecule has 0 aliphatic carbocycles. The molecule has 0 aliphatic rings. The number of anilines is 1. The molecule has 1 heterocycles. The van der Waals surface area contributed by atoms with Gasteiger partial charge >= 0.3 is 5.97 Å². The van der Waals surface area contributed by atoms with Crippen LogP contribution < -0.4 is 10.1 Å². The van der Waals surface area contributed by atoms with Crippen molar-refractivity contribution in [1.29, 1.82) is 0 Å². The minimum Gasteiger partial charge on any atom is -0.497 e. The highest BCUT2D eigenvalue weighted by Crippen LogP contribution is 2.22. The summed E-state index contributed by atoms with van der Waals surface area (Å²) in [5.74, 6) is -0.292. The van der Waals surface area contributed by atoms with E-state index in [9.17, 15) is 9.59 Å². The Hall–Kier alpha value is -3.41. The Bertz CT molecular complexity index is 1010. The molecular weight excluding hydrogens is 344 g/mol. The second-order valence-electron chi connectivity index (χ2n) is 6.17. The molecule has 1 N–H and O–H groups in total. The third-order valence-electron chi connectivity index (χ3n) is 4.07. The SMILES string of the molecule is COc1ccc2cc(C(=O)OCC(=O)Nc3cccc(C)c3)c(C)nc2c1. The maximum absolute atomic E-state index is 12.4. The monoisotopic (exact) mass is 364 g/mol. The van der Waals surface area contributed by atoms with E-state index in [4.69, 9.17) is 9.47 Å². The molecule has 0 atom stereocenters. The Morgan fingerprint density at radius 2 is 1.89 bits per heavy atom. The van der Waals surface area contributed by atoms with Crippen molar-refractivity contribution in [3.63, 3.8) is 0 Å². The number of amides is 1. The number of carbonyl (C=O) groups excluding carboxylic acids is 2. The van der Waals surface area contributed by atoms with Crippen molar-refractivity contribution < 1.29 is 19.1 Å². The molecule has 0 spiro atoms. The first-order valence-corrected chi connectivity index (χ1v) is 8.45. The van der Waals surface area contributed by atoms with Gasteiger partial charge in [-0.25, -0.2) is 4.79 Å². The largest absolute Gasteiger partial charge is 0.497 e. The predicted molar refractivity (Wildman–Crippen MR) is 103 cm³/mol. The average Bonchev–Trinajstić information content (AvgIpc) is 2.65. The first-order valence-electron chi connectivity index (χ1n) is 8.45. The molecule has 2 aromatic carbocycles. The molecule has 3 rings (SSSR count). The molecule has 3 aromatic rings. The molecule has 0 unspecified atom stereocenters. The van der Waals surface area contributed by atoms with E-state index in [1.165, 1.54) is 0 Å². The Morgan fingerprint density at radius 1 is 1.07 bits per heavy atom. The average molecular weight is 364 g/mol. The second-order valence-corrected chi connectivity index (χ2v) is 6.17. The lowest BCUT2D eigenvalue weighted by atomic mass is 10.1. The Balaban J connectivity index is 1.68. The number of aryl methyl sites for hydroxylation is 2. The van der Waals surface area contributed by atoms with Crippen LogP contribution in [0, 0.1) is 13.8 Å². The molecule has 6 heteroatoms. The number of methoxy groups -OCH3 is 1. The van der Waals surface area contributed by atoms with Crippen LogP contribution >= 0.6 is 0 Å². The van der Waals surface area contributed by atoms with Crippen LogP contribution in [0.2, 0.25) is 0 Å². The highest BCUT2D eigenvalue weighted by Gasteiger charge is 2.15. The van der Waals surface area contributed by atoms with Gasteiger partial charge in [-0.1, -0.05) is 12.1 Å². The van der Waals surface area contributed by atoms with E-state index in [0.29, 0.717) is 22.7 Å². The molecule has 6 nitrogen and oxygen atoms in total. The quantitative estimate of drug-likeness (QED) is 0.699. The van der Waals surface area contributed by atoms with Crippen molar-refractivity contribution in [3.05, 3.63) is 65.4 Å². The molecule has 0 saturated heterocycles. The number of aromatic nitrogens is 1. The van der Waals surface area contributed by atoms with Gasteiger partial charge in [0.15, 0.2) is 6.61 Å². The lowest BCUT2D eigenvalue weighted by Crippen LogP contribution is -2.21. The van der Waals surface area contributed by atoms with Gasteiger partial charge < -0.3 is 14.8 Å². The van der Waals surface area contributed by atoms with Crippen LogP contribution in [-0.2, 0) is 9.53 Å². The fraction of sp³-hybridized carbons (Fsp3) is 0.190. The number of rotatable bonds is 5. The summed E-state index contributed by atoms with van der Waals surface area (Å²) in [6.45, 7) is 3.29. The fourth-order valence-electron chi connectivity index (χ4n) is 2.71. The van der Waals surface area contributed by atoms with Crippen LogP contribution in [0.25, 0.3) is 10.9 Å². The van der Waals surface area contributed by atoms with Crippen LogP contribution in [0.4, 0.5) is 5.69 Å². The van der Waals surface area contributed by atoms with Crippen molar-refractivity contribution in [2.45, 2.75) is 13.8 Å². The Labute approximate surface area is 157 Å². The van der Waals surface area contributed by atoms with Gasteiger partial charge in [0, 0.05) is 17.1 Å². The highest BCUT2D eigenvalue weighted by molar-refractivity contribution is 5.98. The van der Waals surface area contributed by atoms with Gasteiger partial charge in [-0.15, -0.1) is 0 Å². The lowest BCUT2D eigenvalue weighted by Gasteiger charge is -2.10. The van der Waals surface area contributed by atoms with Crippen molar-refractivity contribution in [3.8, 4) is 5.75 Å². The summed E-state index contributed by atoms with van der Waals surface area (Å²) in [6, 6.07) is 14.5. The number of nitrogens with zero attached hydrogens (tertiary/aromatic N) is 1. The molecule has 1 amide bonds. The lowest BCUT2D eigenvalue weighted by molar-refractivity contribution is -0.119. The van der Waals surface area contributed by atoms with E-state index in [0.717, 1.165) is 16.5 Å². The zero-order valence-electron chi connectivity index (χ0n) is 15.4. The number of nitrogens with one attached hydrogen (secondary N) is 1. The topological polar surface area (TPSA) is 77.5 Å². The number of pyridine rings is 1. The maximum atomic E-state index is 12.4. The number of ether oxygens (including phenoxy) is 2. The maximum Gasteiger partial charge on any atom is 0.340 e. The Morgan fingerprint density at radius 3 is 2.63 bits per heavy atom. The number of hydrogen-bond donors (Lipinski definition) is 1. The molecule has 0 aliphatic heterocycles. The first kappa shape index (κ1) is 18.4. The van der Waals surface area contributed by atoms with E-state index in [1.807, 2.05) is 31.2 Å². The zero-order valence-corrected chi connectivity index (χ0v) is 15.4. The number of benzene rings is 2. The van der Waals surface area contributed by atoms with Crippen molar-refractivity contribution in [2.75, 3.05) is 19.0 Å². The van der Waals surface area contributed by atoms with Crippen molar-refractivity contribution in [1.82, 2.24) is 4.98 Å². The van der Waals surface area contributed by atoms with E-state index in [-0.39, 0.29) is 6.61 Å². The molecule has 0 radical (unpaired) electrons. The van der Waals surface area contributed by atoms with Crippen LogP contribution in [0.3, 0.4) is 0 Å². The van der Waals surface area contributed by atoms with Gasteiger partial charge in [0.1, 0.15) is 5.75 Å². The summed E-state index contributed by atoms with van der Waals surface area (Å²) < 4.78 is 10.3. The summed E-state index contributed by atoms with van der Waals surface area (Å²) >= 11 is 0. The van der Waals surface area contributed by atoms with E-state index in [1.54, 1.807) is 38.3 Å². The molecule has 138 valence electrons. The van der Waals surface area contributed by atoms with Gasteiger partial charge in [-0.3, -0.25) is 9.78 Å². The summed E-state index contributed by atoms with van der Waals surface area (Å²) in [5, 5.41) is 3.49. The molecule has 1 aromatic heterocycles. The normalized spacial score (nSPS) is 10.5. The smallest absolute Gasteiger partial charge is 0.340 e. The van der Waals surface area contributed by atoms with Gasteiger partial charge in [0.05, 0.1) is 23.9 Å². The third kappa shape index (κ3) is 4.41. The summed E-state index contributed by atoms with van der Waals surface area (Å²) in [6.07, 6.45) is 0. The number of hydrogen-bond acceptors (Lipinski definition) is 5. The van der Waals surface area contributed by atoms with E-state index >= 15 is 0 Å². The van der Waals surface area contributed by atoms with Gasteiger partial charge in [0.25, 0.3) is 5.91 Å². The number of fused-ring (bicyclic) bond motifs is 1. The fourth-order valence-corrected chi connectivity index (χ4v) is 2.71. The van der Waals surface area contributed by atoms with Crippen LogP contribution in [0.1, 0.15) is 21.6 Å². The van der Waals surface area contributed by atoms with Crippen LogP contribution in [0.5, 0.6) is 5.75 Å². The second kappa shape index (κ2) is 7.86. The van der Waals surface area contributed by atoms with E-state index < -0.39 is 11.9 Å². The standard InChI is InChI=1S/C21H20N2O4/c1-13-5-4-6-16(9-13)23-20(24)12-27-21(25)18-10-15-7-8-17(26-3)11-19(15)22-14(18)2/h4-11H,12H2,1-3H3,(H,23,24). The molecule has 0 bridgehead atoms. The van der Waals surface area contributed by atoms with Crippen LogP contribution in [0.15, 0.2) is 48.5 Å². The molecule has 0 saturated carbocycles. The molecule has 0 fully saturated rings. The summed E-state index contributed by atoms with van der Waals surface area (Å²) in [4.78, 5) is 28.8. The minimum atomic E-state index is -0.586. The summed E-state index contributed by atoms with van der Waals surface area (Å²) in [5.41, 5.74) is 3.27. The van der Waals surface area contributed by atoms with Gasteiger partial charge in [0.2, 0.25) is 0 Å². The van der Waals surface area contributed by atoms with Crippen molar-refractivity contribution >= 4 is 28.5 Å². The van der Waals surface area contributed by atoms with E-state index in [2.05, 4.69) is 10.3 Å². The van der Waals surface area contributed by atoms with Crippen molar-refractivity contribution in [2.24, 2.45) is 0 Å². The zero-order chi connectivity index (χ0) is 19.4. The first-order chi connectivity index (χ1) is 13.0. The third-order valence-corrected chi connectivity index (χ3v) is 4.07. The number of esters is 1. The Kier molecular flexibility index (Phi) is 5.35. The van der Waals surface area contributed by atoms with Gasteiger partial charge in [-0.05, 0) is 49.7 Å². The predicted octanol–water partition coefficient (Wildman–Crippen LogP) is 3.66. The summed E-state index contributed by atoms with van der Waals surface area (Å²) in [7, 11) is 1.58. The number of carbonyl (C=O) groups is 2. The minimum absolute atomic E-state index is 0.330. The highest BCUT2D eigenvalue weighted by atomic mass is 16.5. The molecular formula is C21H20N2O4.